The fourth-order valence-corrected chi connectivity index (χ4v) is 2.39. The Morgan fingerprint density at radius 1 is 1.24 bits per heavy atom. The molecule has 0 radical (unpaired) electrons. The van der Waals surface area contributed by atoms with E-state index in [0.717, 1.165) is 17.8 Å². The van der Waals surface area contributed by atoms with E-state index >= 15 is 0 Å². The lowest BCUT2D eigenvalue weighted by atomic mass is 10.2. The zero-order valence-electron chi connectivity index (χ0n) is 11.4. The molecule has 0 spiro atoms. The Morgan fingerprint density at radius 3 is 2.71 bits per heavy atom. The van der Waals surface area contributed by atoms with Crippen molar-refractivity contribution >= 4 is 28.8 Å². The first-order chi connectivity index (χ1) is 10.1. The summed E-state index contributed by atoms with van der Waals surface area (Å²) in [5.74, 6) is -0.430. The van der Waals surface area contributed by atoms with Gasteiger partial charge in [0.1, 0.15) is 5.01 Å². The molecule has 0 bridgehead atoms. The zero-order valence-corrected chi connectivity index (χ0v) is 12.2. The largest absolute Gasteiger partial charge is 0.349 e. The molecule has 1 aliphatic rings. The van der Waals surface area contributed by atoms with Crippen LogP contribution in [0.3, 0.4) is 0 Å². The summed E-state index contributed by atoms with van der Waals surface area (Å²) in [6.45, 7) is 1.79. The summed E-state index contributed by atoms with van der Waals surface area (Å²) in [5.41, 5.74) is 1.10. The lowest BCUT2D eigenvalue weighted by Gasteiger charge is -2.06. The number of nitrogens with one attached hydrogen (secondary N) is 2. The molecule has 0 atom stereocenters. The van der Waals surface area contributed by atoms with Gasteiger partial charge in [-0.15, -0.1) is 10.2 Å². The van der Waals surface area contributed by atoms with E-state index in [2.05, 4.69) is 20.8 Å². The van der Waals surface area contributed by atoms with E-state index < -0.39 is 0 Å². The van der Waals surface area contributed by atoms with E-state index in [0.29, 0.717) is 22.3 Å². The Morgan fingerprint density at radius 2 is 2.05 bits per heavy atom. The summed E-state index contributed by atoms with van der Waals surface area (Å²) < 4.78 is 0. The van der Waals surface area contributed by atoms with Gasteiger partial charge in [0.25, 0.3) is 11.8 Å². The number of rotatable bonds is 4. The fraction of sp³-hybridized carbons (Fsp3) is 0.286. The minimum Gasteiger partial charge on any atom is -0.349 e. The Labute approximate surface area is 125 Å². The van der Waals surface area contributed by atoms with Gasteiger partial charge in [-0.05, 0) is 38.0 Å². The van der Waals surface area contributed by atoms with Crippen molar-refractivity contribution in [2.45, 2.75) is 25.8 Å². The van der Waals surface area contributed by atoms with Crippen LogP contribution in [-0.4, -0.2) is 28.1 Å². The van der Waals surface area contributed by atoms with Crippen molar-refractivity contribution in [2.24, 2.45) is 0 Å². The van der Waals surface area contributed by atoms with Gasteiger partial charge in [-0.25, -0.2) is 0 Å². The van der Waals surface area contributed by atoms with Crippen LogP contribution < -0.4 is 10.6 Å². The van der Waals surface area contributed by atoms with Crippen LogP contribution in [0, 0.1) is 6.92 Å². The first kappa shape index (κ1) is 13.7. The van der Waals surface area contributed by atoms with E-state index in [1.807, 2.05) is 0 Å². The van der Waals surface area contributed by atoms with Crippen LogP contribution in [0.5, 0.6) is 0 Å². The predicted molar refractivity (Wildman–Crippen MR) is 79.5 cm³/mol. The van der Waals surface area contributed by atoms with Crippen LogP contribution in [-0.2, 0) is 0 Å². The highest BCUT2D eigenvalue weighted by Crippen LogP contribution is 2.20. The van der Waals surface area contributed by atoms with Crippen molar-refractivity contribution in [1.29, 1.82) is 0 Å². The molecule has 2 N–H and O–H groups in total. The Hall–Kier alpha value is -2.28. The maximum Gasteiger partial charge on any atom is 0.286 e. The summed E-state index contributed by atoms with van der Waals surface area (Å²) in [7, 11) is 0. The number of hydrogen-bond donors (Lipinski definition) is 2. The van der Waals surface area contributed by atoms with Crippen LogP contribution in [0.25, 0.3) is 0 Å². The molecule has 1 heterocycles. The summed E-state index contributed by atoms with van der Waals surface area (Å²) >= 11 is 1.23. The first-order valence-electron chi connectivity index (χ1n) is 6.64. The van der Waals surface area contributed by atoms with Crippen molar-refractivity contribution in [3.05, 3.63) is 39.8 Å². The number of benzene rings is 1. The van der Waals surface area contributed by atoms with E-state index in [1.54, 1.807) is 31.2 Å². The van der Waals surface area contributed by atoms with E-state index in [9.17, 15) is 9.59 Å². The molecule has 1 fully saturated rings. The van der Waals surface area contributed by atoms with Crippen molar-refractivity contribution in [2.75, 3.05) is 5.32 Å². The Balaban J connectivity index is 1.70. The number of carbonyl (C=O) groups excluding carboxylic acids is 2. The normalized spacial score (nSPS) is 13.8. The van der Waals surface area contributed by atoms with Crippen molar-refractivity contribution in [3.63, 3.8) is 0 Å². The maximum absolute atomic E-state index is 12.0. The van der Waals surface area contributed by atoms with Gasteiger partial charge in [-0.2, -0.15) is 0 Å². The highest BCUT2D eigenvalue weighted by Gasteiger charge is 2.23. The lowest BCUT2D eigenvalue weighted by Crippen LogP contribution is -2.25. The number of carbonyl (C=O) groups is 2. The van der Waals surface area contributed by atoms with Gasteiger partial charge in [0.05, 0.1) is 0 Å². The van der Waals surface area contributed by atoms with Gasteiger partial charge < -0.3 is 10.6 Å². The number of aromatic nitrogens is 2. The van der Waals surface area contributed by atoms with Gasteiger partial charge in [0.2, 0.25) is 5.01 Å². The van der Waals surface area contributed by atoms with Gasteiger partial charge in [0.15, 0.2) is 0 Å². The van der Waals surface area contributed by atoms with Crippen LogP contribution in [0.1, 0.15) is 38.0 Å². The number of amides is 2. The van der Waals surface area contributed by atoms with Gasteiger partial charge in [0, 0.05) is 17.3 Å². The molecule has 1 aromatic carbocycles. The highest BCUT2D eigenvalue weighted by atomic mass is 32.1. The van der Waals surface area contributed by atoms with E-state index in [1.165, 1.54) is 11.3 Å². The summed E-state index contributed by atoms with van der Waals surface area (Å²) in [6, 6.07) is 7.16. The van der Waals surface area contributed by atoms with Crippen molar-refractivity contribution < 1.29 is 9.59 Å². The molecule has 3 rings (SSSR count). The maximum atomic E-state index is 12.0. The molecule has 108 valence electrons. The Bertz CT molecular complexity index is 694. The first-order valence-corrected chi connectivity index (χ1v) is 7.46. The molecule has 2 amide bonds. The molecule has 0 aliphatic heterocycles. The van der Waals surface area contributed by atoms with Crippen LogP contribution in [0.4, 0.5) is 5.69 Å². The number of aryl methyl sites for hydroxylation is 1. The lowest BCUT2D eigenvalue weighted by molar-refractivity contribution is 0.0949. The van der Waals surface area contributed by atoms with Gasteiger partial charge in [-0.3, -0.25) is 9.59 Å². The predicted octanol–water partition coefficient (Wildman–Crippen LogP) is 1.99. The van der Waals surface area contributed by atoms with E-state index in [-0.39, 0.29) is 11.8 Å². The van der Waals surface area contributed by atoms with Gasteiger partial charge in [-0.1, -0.05) is 17.4 Å². The summed E-state index contributed by atoms with van der Waals surface area (Å²) in [6.07, 6.45) is 2.08. The molecule has 2 aromatic rings. The second-order valence-corrected chi connectivity index (χ2v) is 6.09. The van der Waals surface area contributed by atoms with Crippen molar-refractivity contribution in [1.82, 2.24) is 15.5 Å². The van der Waals surface area contributed by atoms with Crippen LogP contribution in [0.2, 0.25) is 0 Å². The monoisotopic (exact) mass is 302 g/mol. The third kappa shape index (κ3) is 3.43. The van der Waals surface area contributed by atoms with Gasteiger partial charge >= 0.3 is 0 Å². The van der Waals surface area contributed by atoms with Crippen molar-refractivity contribution in [3.8, 4) is 0 Å². The zero-order chi connectivity index (χ0) is 14.8. The minimum absolute atomic E-state index is 0.111. The second-order valence-electron chi connectivity index (χ2n) is 4.91. The number of anilines is 1. The fourth-order valence-electron chi connectivity index (χ4n) is 1.81. The highest BCUT2D eigenvalue weighted by molar-refractivity contribution is 7.13. The third-order valence-corrected chi connectivity index (χ3v) is 3.85. The number of hydrogen-bond acceptors (Lipinski definition) is 5. The summed E-state index contributed by atoms with van der Waals surface area (Å²) in [5, 5.41) is 14.3. The average molecular weight is 302 g/mol. The molecule has 7 heteroatoms. The molecule has 1 aliphatic carbocycles. The molecule has 21 heavy (non-hydrogen) atoms. The third-order valence-electron chi connectivity index (χ3n) is 3.02. The molecular weight excluding hydrogens is 288 g/mol. The SMILES string of the molecule is Cc1nnc(C(=O)Nc2cccc(C(=O)NC3CC3)c2)s1. The molecule has 0 unspecified atom stereocenters. The smallest absolute Gasteiger partial charge is 0.286 e. The topological polar surface area (TPSA) is 84.0 Å². The van der Waals surface area contributed by atoms with E-state index in [4.69, 9.17) is 0 Å². The average Bonchev–Trinajstić information content (AvgIpc) is 3.17. The standard InChI is InChI=1S/C14H14N4O2S/c1-8-17-18-14(21-8)13(20)16-11-4-2-3-9(7-11)12(19)15-10-5-6-10/h2-4,7,10H,5-6H2,1H3,(H,15,19)(H,16,20). The second kappa shape index (κ2) is 5.61. The molecule has 1 saturated carbocycles. The molecule has 1 aromatic heterocycles. The Kier molecular flexibility index (Phi) is 3.66. The molecule has 0 saturated heterocycles. The van der Waals surface area contributed by atoms with Crippen LogP contribution in [0.15, 0.2) is 24.3 Å². The minimum atomic E-state index is -0.319. The molecule has 6 nitrogen and oxygen atoms in total. The van der Waals surface area contributed by atoms with Crippen LogP contribution >= 0.6 is 11.3 Å². The molecular formula is C14H14N4O2S. The number of nitrogens with zero attached hydrogens (tertiary/aromatic N) is 2. The quantitative estimate of drug-likeness (QED) is 0.904. The summed E-state index contributed by atoms with van der Waals surface area (Å²) in [4.78, 5) is 24.0.